The van der Waals surface area contributed by atoms with E-state index in [0.29, 0.717) is 45.8 Å². The van der Waals surface area contributed by atoms with Crippen molar-refractivity contribution in [2.24, 2.45) is 0 Å². The van der Waals surface area contributed by atoms with E-state index in [-0.39, 0.29) is 30.8 Å². The molecule has 32 heavy (non-hydrogen) atoms. The second-order valence-electron chi connectivity index (χ2n) is 7.72. The minimum absolute atomic E-state index is 0.0369. The van der Waals surface area contributed by atoms with Crippen molar-refractivity contribution in [2.75, 3.05) is 6.61 Å². The first-order valence-corrected chi connectivity index (χ1v) is 11.8. The fourth-order valence-corrected chi connectivity index (χ4v) is 3.88. The Labute approximate surface area is 205 Å². The number of nitrogens with zero attached hydrogens (tertiary/aromatic N) is 1. The van der Waals surface area contributed by atoms with E-state index in [1.165, 1.54) is 0 Å². The van der Waals surface area contributed by atoms with Gasteiger partial charge in [-0.3, -0.25) is 9.59 Å². The second kappa shape index (κ2) is 12.9. The monoisotopic (exact) mass is 498 g/mol. The molecule has 1 atom stereocenters. The Morgan fingerprint density at radius 2 is 1.66 bits per heavy atom. The zero-order valence-electron chi connectivity index (χ0n) is 18.5. The van der Waals surface area contributed by atoms with Crippen molar-refractivity contribution in [3.63, 3.8) is 0 Å². The van der Waals surface area contributed by atoms with Gasteiger partial charge < -0.3 is 15.0 Å². The first-order valence-electron chi connectivity index (χ1n) is 10.6. The number of carbonyl (C=O) groups excluding carboxylic acids is 2. The third-order valence-corrected chi connectivity index (χ3v) is 5.78. The molecule has 5 nitrogen and oxygen atoms in total. The maximum absolute atomic E-state index is 13.2. The maximum atomic E-state index is 13.2. The van der Waals surface area contributed by atoms with Gasteiger partial charge in [0.15, 0.2) is 0 Å². The van der Waals surface area contributed by atoms with Crippen LogP contribution in [0.25, 0.3) is 0 Å². The van der Waals surface area contributed by atoms with Gasteiger partial charge in [0.1, 0.15) is 11.8 Å². The number of ether oxygens (including phenoxy) is 1. The van der Waals surface area contributed by atoms with Gasteiger partial charge in [0.2, 0.25) is 11.8 Å². The first kappa shape index (κ1) is 26.3. The molecule has 0 aliphatic rings. The van der Waals surface area contributed by atoms with Crippen molar-refractivity contribution in [1.29, 1.82) is 0 Å². The second-order valence-corrected chi connectivity index (χ2v) is 8.97. The Hall–Kier alpha value is -1.95. The Balaban J connectivity index is 2.12. The summed E-state index contributed by atoms with van der Waals surface area (Å²) in [5.74, 6) is 0.326. The summed E-state index contributed by atoms with van der Waals surface area (Å²) in [5, 5.41) is 4.45. The molecule has 2 aromatic carbocycles. The van der Waals surface area contributed by atoms with Crippen LogP contribution in [0.4, 0.5) is 0 Å². The maximum Gasteiger partial charge on any atom is 0.243 e. The van der Waals surface area contributed by atoms with Crippen LogP contribution in [0.15, 0.2) is 42.5 Å². The third-order valence-electron chi connectivity index (χ3n) is 4.82. The van der Waals surface area contributed by atoms with Gasteiger partial charge >= 0.3 is 0 Å². The molecule has 0 saturated heterocycles. The van der Waals surface area contributed by atoms with Gasteiger partial charge in [0, 0.05) is 39.6 Å². The summed E-state index contributed by atoms with van der Waals surface area (Å²) in [7, 11) is 0. The zero-order chi connectivity index (χ0) is 23.7. The molecule has 2 aromatic rings. The van der Waals surface area contributed by atoms with Gasteiger partial charge in [-0.1, -0.05) is 47.8 Å². The third kappa shape index (κ3) is 7.88. The predicted octanol–water partition coefficient (Wildman–Crippen LogP) is 6.14. The molecule has 0 saturated carbocycles. The van der Waals surface area contributed by atoms with Crippen LogP contribution in [0, 0.1) is 0 Å². The average molecular weight is 500 g/mol. The molecule has 0 aromatic heterocycles. The highest BCUT2D eigenvalue weighted by Crippen LogP contribution is 2.27. The molecule has 0 spiro atoms. The lowest BCUT2D eigenvalue weighted by atomic mass is 10.1. The molecule has 2 rings (SSSR count). The van der Waals surface area contributed by atoms with Crippen LogP contribution in [-0.2, 0) is 16.1 Å². The number of carbonyl (C=O) groups is 2. The molecule has 174 valence electrons. The lowest BCUT2D eigenvalue weighted by molar-refractivity contribution is -0.141. The van der Waals surface area contributed by atoms with Gasteiger partial charge in [0.25, 0.3) is 0 Å². The van der Waals surface area contributed by atoms with Gasteiger partial charge in [-0.05, 0) is 63.1 Å². The Bertz CT molecular complexity index is 884. The van der Waals surface area contributed by atoms with Gasteiger partial charge in [-0.25, -0.2) is 0 Å². The van der Waals surface area contributed by atoms with E-state index in [9.17, 15) is 9.59 Å². The molecule has 0 aliphatic heterocycles. The molecule has 0 radical (unpaired) electrons. The van der Waals surface area contributed by atoms with Crippen LogP contribution in [0.5, 0.6) is 5.75 Å². The van der Waals surface area contributed by atoms with Crippen LogP contribution < -0.4 is 10.1 Å². The van der Waals surface area contributed by atoms with Gasteiger partial charge in [-0.15, -0.1) is 0 Å². The van der Waals surface area contributed by atoms with E-state index in [0.717, 1.165) is 0 Å². The van der Waals surface area contributed by atoms with Gasteiger partial charge in [-0.2, -0.15) is 0 Å². The number of halogens is 3. The SMILES string of the molecule is CC[C@H](C(=O)NC(C)C)N(Cc1c(Cl)cccc1Cl)C(=O)CCCOc1ccc(Cl)cc1. The Morgan fingerprint density at radius 3 is 2.22 bits per heavy atom. The van der Waals surface area contributed by atoms with E-state index < -0.39 is 6.04 Å². The fraction of sp³-hybridized carbons (Fsp3) is 0.417. The van der Waals surface area contributed by atoms with Crippen molar-refractivity contribution in [2.45, 2.75) is 58.7 Å². The summed E-state index contributed by atoms with van der Waals surface area (Å²) in [6.07, 6.45) is 1.19. The van der Waals surface area contributed by atoms with E-state index in [4.69, 9.17) is 39.5 Å². The lowest BCUT2D eigenvalue weighted by Crippen LogP contribution is -2.50. The van der Waals surface area contributed by atoms with Crippen LogP contribution >= 0.6 is 34.8 Å². The van der Waals surface area contributed by atoms with E-state index >= 15 is 0 Å². The summed E-state index contributed by atoms with van der Waals surface area (Å²) < 4.78 is 5.68. The number of rotatable bonds is 11. The summed E-state index contributed by atoms with van der Waals surface area (Å²) in [5.41, 5.74) is 0.623. The molecule has 0 unspecified atom stereocenters. The molecule has 0 aliphatic carbocycles. The number of benzene rings is 2. The van der Waals surface area contributed by atoms with Gasteiger partial charge in [0.05, 0.1) is 6.61 Å². The molecule has 0 heterocycles. The molecule has 0 fully saturated rings. The zero-order valence-corrected chi connectivity index (χ0v) is 20.8. The highest BCUT2D eigenvalue weighted by molar-refractivity contribution is 6.36. The summed E-state index contributed by atoms with van der Waals surface area (Å²) >= 11 is 18.6. The van der Waals surface area contributed by atoms with Crippen molar-refractivity contribution in [3.8, 4) is 5.75 Å². The summed E-state index contributed by atoms with van der Waals surface area (Å²) in [6, 6.07) is 11.6. The molecular weight excluding hydrogens is 471 g/mol. The largest absolute Gasteiger partial charge is 0.494 e. The highest BCUT2D eigenvalue weighted by atomic mass is 35.5. The van der Waals surface area contributed by atoms with Crippen molar-refractivity contribution < 1.29 is 14.3 Å². The normalized spacial score (nSPS) is 11.8. The highest BCUT2D eigenvalue weighted by Gasteiger charge is 2.29. The van der Waals surface area contributed by atoms with E-state index in [1.807, 2.05) is 20.8 Å². The van der Waals surface area contributed by atoms with Crippen LogP contribution in [0.2, 0.25) is 15.1 Å². The van der Waals surface area contributed by atoms with Crippen molar-refractivity contribution in [1.82, 2.24) is 10.2 Å². The van der Waals surface area contributed by atoms with Crippen LogP contribution in [0.3, 0.4) is 0 Å². The summed E-state index contributed by atoms with van der Waals surface area (Å²) in [4.78, 5) is 27.6. The predicted molar refractivity (Wildman–Crippen MR) is 131 cm³/mol. The molecule has 1 N–H and O–H groups in total. The quantitative estimate of drug-likeness (QED) is 0.378. The smallest absolute Gasteiger partial charge is 0.243 e. The average Bonchev–Trinajstić information content (AvgIpc) is 2.73. The Kier molecular flexibility index (Phi) is 10.6. The Morgan fingerprint density at radius 1 is 1.03 bits per heavy atom. The standard InChI is InChI=1S/C24H29Cl3N2O3/c1-4-22(24(31)28-16(2)3)29(15-19-20(26)7-5-8-21(19)27)23(30)9-6-14-32-18-12-10-17(25)11-13-18/h5,7-8,10-13,16,22H,4,6,9,14-15H2,1-3H3,(H,28,31)/t22-/m1/s1. The topological polar surface area (TPSA) is 58.6 Å². The number of nitrogens with one attached hydrogen (secondary N) is 1. The molecular formula is C24H29Cl3N2O3. The molecule has 2 amide bonds. The molecule has 8 heteroatoms. The van der Waals surface area contributed by atoms with E-state index in [1.54, 1.807) is 47.4 Å². The summed E-state index contributed by atoms with van der Waals surface area (Å²) in [6.45, 7) is 6.16. The number of amides is 2. The van der Waals surface area contributed by atoms with Crippen LogP contribution in [-0.4, -0.2) is 35.4 Å². The fourth-order valence-electron chi connectivity index (χ4n) is 3.24. The number of hydrogen-bond donors (Lipinski definition) is 1. The lowest BCUT2D eigenvalue weighted by Gasteiger charge is -2.31. The van der Waals surface area contributed by atoms with Crippen molar-refractivity contribution >= 4 is 46.6 Å². The van der Waals surface area contributed by atoms with Crippen molar-refractivity contribution in [3.05, 3.63) is 63.1 Å². The number of hydrogen-bond acceptors (Lipinski definition) is 3. The molecule has 0 bridgehead atoms. The van der Waals surface area contributed by atoms with E-state index in [2.05, 4.69) is 5.32 Å². The first-order chi connectivity index (χ1) is 15.2. The minimum atomic E-state index is -0.630. The minimum Gasteiger partial charge on any atom is -0.494 e. The van der Waals surface area contributed by atoms with Crippen LogP contribution in [0.1, 0.15) is 45.6 Å².